The van der Waals surface area contributed by atoms with E-state index in [4.69, 9.17) is 0 Å². The number of rotatable bonds is 2. The Kier molecular flexibility index (Phi) is 5.09. The van der Waals surface area contributed by atoms with Crippen molar-refractivity contribution >= 4 is 11.7 Å². The maximum absolute atomic E-state index is 12.4. The Morgan fingerprint density at radius 2 is 1.57 bits per heavy atom. The number of nitrogens with one attached hydrogen (secondary N) is 1. The van der Waals surface area contributed by atoms with Gasteiger partial charge in [-0.15, -0.1) is 0 Å². The number of hydrogen-bond acceptors (Lipinski definition) is 2. The van der Waals surface area contributed by atoms with Crippen LogP contribution in [0.2, 0.25) is 0 Å². The van der Waals surface area contributed by atoms with Crippen molar-refractivity contribution in [2.24, 2.45) is 0 Å². The van der Waals surface area contributed by atoms with Gasteiger partial charge < -0.3 is 15.1 Å². The fourth-order valence-corrected chi connectivity index (χ4v) is 3.81. The van der Waals surface area contributed by atoms with Crippen molar-refractivity contribution in [2.45, 2.75) is 52.0 Å². The van der Waals surface area contributed by atoms with Crippen LogP contribution in [0.15, 0.2) is 18.2 Å². The van der Waals surface area contributed by atoms with Crippen LogP contribution in [0.4, 0.5) is 10.5 Å². The maximum atomic E-state index is 12.4. The zero-order valence-corrected chi connectivity index (χ0v) is 14.5. The van der Waals surface area contributed by atoms with E-state index in [9.17, 15) is 4.79 Å². The van der Waals surface area contributed by atoms with Crippen molar-refractivity contribution in [3.63, 3.8) is 0 Å². The van der Waals surface area contributed by atoms with Gasteiger partial charge in [0.1, 0.15) is 0 Å². The van der Waals surface area contributed by atoms with E-state index >= 15 is 0 Å². The number of nitrogens with zero attached hydrogens (tertiary/aromatic N) is 2. The van der Waals surface area contributed by atoms with Crippen LogP contribution in [0, 0.1) is 13.8 Å². The Morgan fingerprint density at radius 3 is 2.17 bits per heavy atom. The lowest BCUT2D eigenvalue weighted by Crippen LogP contribution is -2.53. The number of carbonyl (C=O) groups is 1. The van der Waals surface area contributed by atoms with E-state index in [1.165, 1.54) is 36.1 Å². The average Bonchev–Trinajstić information content (AvgIpc) is 2.55. The van der Waals surface area contributed by atoms with Gasteiger partial charge in [-0.05, 0) is 49.9 Å². The van der Waals surface area contributed by atoms with Crippen LogP contribution in [0.3, 0.4) is 0 Å². The second kappa shape index (κ2) is 7.24. The molecule has 4 heteroatoms. The predicted octanol–water partition coefficient (Wildman–Crippen LogP) is 3.47. The van der Waals surface area contributed by atoms with Crippen LogP contribution in [-0.2, 0) is 0 Å². The average molecular weight is 315 g/mol. The molecule has 0 unspecified atom stereocenters. The molecule has 1 saturated carbocycles. The monoisotopic (exact) mass is 315 g/mol. The number of carbonyl (C=O) groups excluding carboxylic acids is 1. The minimum Gasteiger partial charge on any atom is -0.368 e. The largest absolute Gasteiger partial charge is 0.368 e. The molecule has 3 rings (SSSR count). The van der Waals surface area contributed by atoms with Crippen LogP contribution in [0.5, 0.6) is 0 Å². The summed E-state index contributed by atoms with van der Waals surface area (Å²) in [5.74, 6) is 0. The fourth-order valence-electron chi connectivity index (χ4n) is 3.81. The molecule has 23 heavy (non-hydrogen) atoms. The normalized spacial score (nSPS) is 19.7. The van der Waals surface area contributed by atoms with Crippen molar-refractivity contribution in [1.82, 2.24) is 10.2 Å². The summed E-state index contributed by atoms with van der Waals surface area (Å²) in [5, 5.41) is 3.23. The van der Waals surface area contributed by atoms with Crippen LogP contribution < -0.4 is 10.2 Å². The van der Waals surface area contributed by atoms with E-state index in [1.54, 1.807) is 0 Å². The zero-order chi connectivity index (χ0) is 16.2. The third-order valence-corrected chi connectivity index (χ3v) is 5.07. The molecule has 1 aliphatic carbocycles. The highest BCUT2D eigenvalue weighted by atomic mass is 16.2. The van der Waals surface area contributed by atoms with E-state index in [-0.39, 0.29) is 6.03 Å². The first-order valence-corrected chi connectivity index (χ1v) is 9.00. The molecule has 4 nitrogen and oxygen atoms in total. The Labute approximate surface area is 139 Å². The lowest BCUT2D eigenvalue weighted by molar-refractivity contribution is 0.186. The number of piperazine rings is 1. The van der Waals surface area contributed by atoms with Crippen molar-refractivity contribution in [3.05, 3.63) is 29.3 Å². The zero-order valence-electron chi connectivity index (χ0n) is 14.5. The van der Waals surface area contributed by atoms with Crippen LogP contribution in [0.1, 0.15) is 43.2 Å². The van der Waals surface area contributed by atoms with Gasteiger partial charge in [-0.3, -0.25) is 0 Å². The van der Waals surface area contributed by atoms with Crippen molar-refractivity contribution in [2.75, 3.05) is 31.1 Å². The first-order valence-electron chi connectivity index (χ1n) is 9.00. The highest BCUT2D eigenvalue weighted by Crippen LogP contribution is 2.21. The number of benzene rings is 1. The Hall–Kier alpha value is -1.71. The van der Waals surface area contributed by atoms with Gasteiger partial charge in [0, 0.05) is 37.9 Å². The second-order valence-electron chi connectivity index (χ2n) is 7.10. The van der Waals surface area contributed by atoms with Crippen molar-refractivity contribution in [3.8, 4) is 0 Å². The van der Waals surface area contributed by atoms with Gasteiger partial charge in [-0.2, -0.15) is 0 Å². The summed E-state index contributed by atoms with van der Waals surface area (Å²) in [7, 11) is 0. The molecule has 0 radical (unpaired) electrons. The number of amides is 2. The number of anilines is 1. The van der Waals surface area contributed by atoms with Gasteiger partial charge in [0.05, 0.1) is 0 Å². The van der Waals surface area contributed by atoms with Gasteiger partial charge in [-0.1, -0.05) is 25.3 Å². The molecule has 126 valence electrons. The molecule has 0 spiro atoms. The maximum Gasteiger partial charge on any atom is 0.317 e. The predicted molar refractivity (Wildman–Crippen MR) is 95.1 cm³/mol. The summed E-state index contributed by atoms with van der Waals surface area (Å²) >= 11 is 0. The van der Waals surface area contributed by atoms with Crippen LogP contribution in [0.25, 0.3) is 0 Å². The van der Waals surface area contributed by atoms with Gasteiger partial charge >= 0.3 is 6.03 Å². The summed E-state index contributed by atoms with van der Waals surface area (Å²) in [6, 6.07) is 7.22. The molecule has 2 amide bonds. The minimum absolute atomic E-state index is 0.136. The van der Waals surface area contributed by atoms with Gasteiger partial charge in [-0.25, -0.2) is 4.79 Å². The first-order chi connectivity index (χ1) is 11.1. The second-order valence-corrected chi connectivity index (χ2v) is 7.10. The Bertz CT molecular complexity index is 523. The first kappa shape index (κ1) is 16.2. The third-order valence-electron chi connectivity index (χ3n) is 5.07. The lowest BCUT2D eigenvalue weighted by Gasteiger charge is -2.37. The number of urea groups is 1. The summed E-state index contributed by atoms with van der Waals surface area (Å²) in [6.45, 7) is 7.74. The van der Waals surface area contributed by atoms with E-state index in [1.807, 2.05) is 4.90 Å². The molecule has 1 N–H and O–H groups in total. The van der Waals surface area contributed by atoms with Gasteiger partial charge in [0.2, 0.25) is 0 Å². The highest BCUT2D eigenvalue weighted by Gasteiger charge is 2.24. The van der Waals surface area contributed by atoms with E-state index in [0.29, 0.717) is 6.04 Å². The molecule has 1 heterocycles. The molecule has 1 saturated heterocycles. The van der Waals surface area contributed by atoms with Crippen LogP contribution >= 0.6 is 0 Å². The van der Waals surface area contributed by atoms with E-state index < -0.39 is 0 Å². The van der Waals surface area contributed by atoms with Crippen LogP contribution in [-0.4, -0.2) is 43.2 Å². The number of aryl methyl sites for hydroxylation is 2. The molecular weight excluding hydrogens is 286 g/mol. The van der Waals surface area contributed by atoms with Gasteiger partial charge in [0.25, 0.3) is 0 Å². The smallest absolute Gasteiger partial charge is 0.317 e. The van der Waals surface area contributed by atoms with E-state index in [2.05, 4.69) is 42.3 Å². The summed E-state index contributed by atoms with van der Waals surface area (Å²) in [6.07, 6.45) is 6.13. The molecule has 1 aliphatic heterocycles. The quantitative estimate of drug-likeness (QED) is 0.907. The molecule has 1 aromatic rings. The highest BCUT2D eigenvalue weighted by molar-refractivity contribution is 5.75. The third kappa shape index (κ3) is 4.18. The van der Waals surface area contributed by atoms with Crippen molar-refractivity contribution in [1.29, 1.82) is 0 Å². The molecule has 1 aromatic carbocycles. The SMILES string of the molecule is Cc1cc(C)cc(N2CCN(C(=O)NC3CCCCC3)CC2)c1. The fraction of sp³-hybridized carbons (Fsp3) is 0.632. The summed E-state index contributed by atoms with van der Waals surface area (Å²) < 4.78 is 0. The molecule has 0 bridgehead atoms. The Morgan fingerprint density at radius 1 is 0.957 bits per heavy atom. The molecule has 2 fully saturated rings. The molecule has 0 aromatic heterocycles. The number of hydrogen-bond donors (Lipinski definition) is 1. The van der Waals surface area contributed by atoms with Gasteiger partial charge in [0.15, 0.2) is 0 Å². The topological polar surface area (TPSA) is 35.6 Å². The molecular formula is C19H29N3O. The van der Waals surface area contributed by atoms with Crippen molar-refractivity contribution < 1.29 is 4.79 Å². The minimum atomic E-state index is 0.136. The summed E-state index contributed by atoms with van der Waals surface area (Å²) in [4.78, 5) is 16.8. The molecule has 2 aliphatic rings. The standard InChI is InChI=1S/C19H29N3O/c1-15-12-16(2)14-18(13-15)21-8-10-22(11-9-21)19(23)20-17-6-4-3-5-7-17/h12-14,17H,3-11H2,1-2H3,(H,20,23). The molecule has 0 atom stereocenters. The summed E-state index contributed by atoms with van der Waals surface area (Å²) in [5.41, 5.74) is 3.89. The lowest BCUT2D eigenvalue weighted by atomic mass is 9.96. The van der Waals surface area contributed by atoms with E-state index in [0.717, 1.165) is 39.0 Å². The Balaban J connectivity index is 1.52.